The third-order valence-electron chi connectivity index (χ3n) is 3.59. The minimum Gasteiger partial charge on any atom is -0.340 e. The second-order valence-electron chi connectivity index (χ2n) is 5.47. The van der Waals surface area contributed by atoms with Crippen molar-refractivity contribution in [3.05, 3.63) is 64.4 Å². The Hall–Kier alpha value is -2.39. The molecule has 0 aliphatic carbocycles. The fraction of sp³-hybridized carbons (Fsp3) is 0.222. The van der Waals surface area contributed by atoms with E-state index in [-0.39, 0.29) is 5.91 Å². The molecule has 3 amide bonds. The molecule has 0 fully saturated rings. The minimum atomic E-state index is -0.783. The number of benzene rings is 1. The molecule has 0 aliphatic rings. The van der Waals surface area contributed by atoms with Crippen LogP contribution in [0.25, 0.3) is 0 Å². The van der Waals surface area contributed by atoms with Crippen LogP contribution in [0.15, 0.2) is 53.3 Å². The number of hydrazine groups is 1. The Morgan fingerprint density at radius 3 is 2.44 bits per heavy atom. The molecule has 0 radical (unpaired) electrons. The normalized spacial score (nSPS) is 11.3. The first kappa shape index (κ1) is 20.9. The largest absolute Gasteiger partial charge is 0.340 e. The summed E-state index contributed by atoms with van der Waals surface area (Å²) in [6, 6.07) is 9.23. The van der Waals surface area contributed by atoms with E-state index in [0.29, 0.717) is 27.8 Å². The van der Waals surface area contributed by atoms with Gasteiger partial charge in [0.25, 0.3) is 17.7 Å². The summed E-state index contributed by atoms with van der Waals surface area (Å²) in [5.41, 5.74) is 5.51. The molecule has 7 nitrogen and oxygen atoms in total. The number of pyridine rings is 1. The average Bonchev–Trinajstić information content (AvgIpc) is 2.69. The lowest BCUT2D eigenvalue weighted by Gasteiger charge is -2.19. The molecule has 0 spiro atoms. The minimum absolute atomic E-state index is 0.364. The number of nitrogens with one attached hydrogen (secondary N) is 3. The first-order valence-electron chi connectivity index (χ1n) is 8.07. The van der Waals surface area contributed by atoms with Gasteiger partial charge in [0.2, 0.25) is 0 Å². The number of amides is 3. The van der Waals surface area contributed by atoms with E-state index in [0.717, 1.165) is 0 Å². The quantitative estimate of drug-likeness (QED) is 0.561. The smallest absolute Gasteiger partial charge is 0.269 e. The third-order valence-corrected chi connectivity index (χ3v) is 4.93. The van der Waals surface area contributed by atoms with E-state index in [9.17, 15) is 14.4 Å². The topological polar surface area (TPSA) is 100 Å². The molecule has 9 heteroatoms. The van der Waals surface area contributed by atoms with E-state index in [1.54, 1.807) is 36.0 Å². The van der Waals surface area contributed by atoms with Gasteiger partial charge in [-0.15, -0.1) is 0 Å². The molecule has 27 heavy (non-hydrogen) atoms. The lowest BCUT2D eigenvalue weighted by atomic mass is 10.1. The highest BCUT2D eigenvalue weighted by Crippen LogP contribution is 2.16. The van der Waals surface area contributed by atoms with Crippen LogP contribution in [0.3, 0.4) is 0 Å². The second kappa shape index (κ2) is 10.7. The van der Waals surface area contributed by atoms with Gasteiger partial charge in [-0.3, -0.25) is 30.2 Å². The van der Waals surface area contributed by atoms with Crippen molar-refractivity contribution in [2.45, 2.75) is 12.5 Å². The van der Waals surface area contributed by atoms with Gasteiger partial charge < -0.3 is 5.32 Å². The maximum Gasteiger partial charge on any atom is 0.269 e. The molecule has 2 rings (SSSR count). The van der Waals surface area contributed by atoms with E-state index >= 15 is 0 Å². The molecule has 142 valence electrons. The van der Waals surface area contributed by atoms with E-state index in [4.69, 9.17) is 0 Å². The van der Waals surface area contributed by atoms with Crippen LogP contribution in [-0.4, -0.2) is 40.8 Å². The maximum absolute atomic E-state index is 12.5. The third kappa shape index (κ3) is 6.37. The Kier molecular flexibility index (Phi) is 8.28. The summed E-state index contributed by atoms with van der Waals surface area (Å²) >= 11 is 4.88. The number of thioether (sulfide) groups is 1. The van der Waals surface area contributed by atoms with Crippen LogP contribution in [0, 0.1) is 0 Å². The van der Waals surface area contributed by atoms with E-state index < -0.39 is 17.9 Å². The SMILES string of the molecule is CSCCC(NC(=O)c1ccccc1Br)C(=O)NNC(=O)c1ccncc1. The summed E-state index contributed by atoms with van der Waals surface area (Å²) in [6.45, 7) is 0. The van der Waals surface area contributed by atoms with Crippen LogP contribution in [0.5, 0.6) is 0 Å². The molecule has 0 bridgehead atoms. The van der Waals surface area contributed by atoms with Gasteiger partial charge in [-0.05, 0) is 58.6 Å². The molecule has 2 aromatic rings. The predicted octanol–water partition coefficient (Wildman–Crippen LogP) is 2.16. The zero-order valence-corrected chi connectivity index (χ0v) is 17.0. The second-order valence-corrected chi connectivity index (χ2v) is 7.31. The summed E-state index contributed by atoms with van der Waals surface area (Å²) in [5, 5.41) is 2.72. The molecular weight excluding hydrogens is 432 g/mol. The molecule has 1 unspecified atom stereocenters. The highest BCUT2D eigenvalue weighted by Gasteiger charge is 2.22. The van der Waals surface area contributed by atoms with Crippen LogP contribution in [0.4, 0.5) is 0 Å². The first-order chi connectivity index (χ1) is 13.0. The van der Waals surface area contributed by atoms with Gasteiger partial charge in [0.05, 0.1) is 5.56 Å². The molecule has 0 saturated carbocycles. The zero-order chi connectivity index (χ0) is 19.6. The van der Waals surface area contributed by atoms with Crippen LogP contribution in [-0.2, 0) is 4.79 Å². The van der Waals surface area contributed by atoms with Gasteiger partial charge in [-0.2, -0.15) is 11.8 Å². The standard InChI is InChI=1S/C18H19BrN4O3S/c1-27-11-8-15(21-17(25)13-4-2-3-5-14(13)19)18(26)23-22-16(24)12-6-9-20-10-7-12/h2-7,9-10,15H,8,11H2,1H3,(H,21,25)(H,22,24)(H,23,26). The van der Waals surface area contributed by atoms with Gasteiger partial charge in [-0.25, -0.2) is 0 Å². The van der Waals surface area contributed by atoms with Crippen LogP contribution < -0.4 is 16.2 Å². The Labute approximate surface area is 169 Å². The lowest BCUT2D eigenvalue weighted by molar-refractivity contribution is -0.123. The molecule has 3 N–H and O–H groups in total. The molecule has 0 saturated heterocycles. The number of halogens is 1. The lowest BCUT2D eigenvalue weighted by Crippen LogP contribution is -2.52. The Bertz CT molecular complexity index is 804. The molecule has 1 aromatic heterocycles. The number of nitrogens with zero attached hydrogens (tertiary/aromatic N) is 1. The Morgan fingerprint density at radius 1 is 1.07 bits per heavy atom. The molecule has 1 atom stereocenters. The monoisotopic (exact) mass is 450 g/mol. The van der Waals surface area contributed by atoms with E-state index in [2.05, 4.69) is 37.1 Å². The number of carbonyl (C=O) groups excluding carboxylic acids is 3. The van der Waals surface area contributed by atoms with Crippen LogP contribution >= 0.6 is 27.7 Å². The maximum atomic E-state index is 12.5. The Morgan fingerprint density at radius 2 is 1.78 bits per heavy atom. The van der Waals surface area contributed by atoms with Crippen molar-refractivity contribution in [1.82, 2.24) is 21.2 Å². The fourth-order valence-electron chi connectivity index (χ4n) is 2.17. The van der Waals surface area contributed by atoms with Gasteiger partial charge >= 0.3 is 0 Å². The zero-order valence-electron chi connectivity index (χ0n) is 14.6. The van der Waals surface area contributed by atoms with Gasteiger partial charge in [0.1, 0.15) is 6.04 Å². The highest BCUT2D eigenvalue weighted by atomic mass is 79.9. The van der Waals surface area contributed by atoms with Crippen LogP contribution in [0.1, 0.15) is 27.1 Å². The van der Waals surface area contributed by atoms with Crippen molar-refractivity contribution in [1.29, 1.82) is 0 Å². The predicted molar refractivity (Wildman–Crippen MR) is 108 cm³/mol. The fourth-order valence-corrected chi connectivity index (χ4v) is 3.10. The summed E-state index contributed by atoms with van der Waals surface area (Å²) in [6.07, 6.45) is 5.30. The molecule has 1 aromatic carbocycles. The number of carbonyl (C=O) groups is 3. The van der Waals surface area contributed by atoms with Crippen molar-refractivity contribution < 1.29 is 14.4 Å². The van der Waals surface area contributed by atoms with Crippen molar-refractivity contribution in [2.75, 3.05) is 12.0 Å². The van der Waals surface area contributed by atoms with Crippen LogP contribution in [0.2, 0.25) is 0 Å². The van der Waals surface area contributed by atoms with Crippen molar-refractivity contribution >= 4 is 45.4 Å². The average molecular weight is 451 g/mol. The van der Waals surface area contributed by atoms with Gasteiger partial charge in [0.15, 0.2) is 0 Å². The number of aromatic nitrogens is 1. The summed E-state index contributed by atoms with van der Waals surface area (Å²) in [7, 11) is 0. The summed E-state index contributed by atoms with van der Waals surface area (Å²) < 4.78 is 0.637. The number of rotatable bonds is 7. The van der Waals surface area contributed by atoms with Crippen molar-refractivity contribution in [2.24, 2.45) is 0 Å². The molecule has 0 aliphatic heterocycles. The van der Waals surface area contributed by atoms with Gasteiger partial charge in [0, 0.05) is 22.4 Å². The molecular formula is C18H19BrN4O3S. The van der Waals surface area contributed by atoms with E-state index in [1.807, 2.05) is 6.26 Å². The van der Waals surface area contributed by atoms with Gasteiger partial charge in [-0.1, -0.05) is 12.1 Å². The van der Waals surface area contributed by atoms with Crippen molar-refractivity contribution in [3.8, 4) is 0 Å². The van der Waals surface area contributed by atoms with E-state index in [1.165, 1.54) is 24.5 Å². The Balaban J connectivity index is 1.99. The summed E-state index contributed by atoms with van der Waals surface area (Å²) in [4.78, 5) is 40.8. The number of hydrogen-bond donors (Lipinski definition) is 3. The van der Waals surface area contributed by atoms with Crippen molar-refractivity contribution in [3.63, 3.8) is 0 Å². The highest BCUT2D eigenvalue weighted by molar-refractivity contribution is 9.10. The number of hydrogen-bond acceptors (Lipinski definition) is 5. The molecule has 1 heterocycles. The summed E-state index contributed by atoms with van der Waals surface area (Å²) in [5.74, 6) is -0.658. The first-order valence-corrected chi connectivity index (χ1v) is 10.3.